The summed E-state index contributed by atoms with van der Waals surface area (Å²) in [5.41, 5.74) is -0.250. The molecule has 3 aromatic rings. The molecule has 0 aliphatic rings. The molecule has 1 amide bonds. The van der Waals surface area contributed by atoms with Crippen LogP contribution in [-0.2, 0) is 24.1 Å². The molecular formula is C18H16BrF4N5O. The number of benzene rings is 1. The molecule has 11 heteroatoms. The van der Waals surface area contributed by atoms with Gasteiger partial charge in [-0.3, -0.25) is 14.2 Å². The molecule has 0 aliphatic heterocycles. The third-order valence-electron chi connectivity index (χ3n) is 4.09. The summed E-state index contributed by atoms with van der Waals surface area (Å²) in [6, 6.07) is 7.20. The molecule has 0 radical (unpaired) electrons. The van der Waals surface area contributed by atoms with Gasteiger partial charge in [-0.05, 0) is 35.0 Å². The van der Waals surface area contributed by atoms with Crippen LogP contribution in [0.25, 0.3) is 0 Å². The molecule has 1 aromatic carbocycles. The van der Waals surface area contributed by atoms with Gasteiger partial charge in [-0.25, -0.2) is 4.39 Å². The first kappa shape index (κ1) is 21.0. The van der Waals surface area contributed by atoms with Gasteiger partial charge in [-0.1, -0.05) is 18.2 Å². The normalized spacial score (nSPS) is 11.7. The van der Waals surface area contributed by atoms with Gasteiger partial charge in [0.2, 0.25) is 5.91 Å². The SMILES string of the molecule is Cc1cc(C(F)(F)F)nn1CCC(=O)Nc1nn(Cc2ccccc2F)cc1Br. The van der Waals surface area contributed by atoms with Gasteiger partial charge in [0.05, 0.1) is 11.0 Å². The van der Waals surface area contributed by atoms with E-state index >= 15 is 0 Å². The number of anilines is 1. The van der Waals surface area contributed by atoms with Gasteiger partial charge >= 0.3 is 6.18 Å². The molecule has 154 valence electrons. The van der Waals surface area contributed by atoms with Crippen LogP contribution in [0, 0.1) is 12.7 Å². The van der Waals surface area contributed by atoms with E-state index in [0.29, 0.717) is 15.7 Å². The summed E-state index contributed by atoms with van der Waals surface area (Å²) in [5.74, 6) is -0.567. The lowest BCUT2D eigenvalue weighted by atomic mass is 10.2. The van der Waals surface area contributed by atoms with E-state index in [4.69, 9.17) is 0 Å². The second-order valence-electron chi connectivity index (χ2n) is 6.30. The van der Waals surface area contributed by atoms with Crippen molar-refractivity contribution in [1.29, 1.82) is 0 Å². The number of carbonyl (C=O) groups is 1. The van der Waals surface area contributed by atoms with Crippen LogP contribution in [0.2, 0.25) is 0 Å². The number of hydrogen-bond acceptors (Lipinski definition) is 3. The van der Waals surface area contributed by atoms with Crippen LogP contribution in [0.15, 0.2) is 41.0 Å². The van der Waals surface area contributed by atoms with Gasteiger partial charge in [0, 0.05) is 30.4 Å². The van der Waals surface area contributed by atoms with Crippen molar-refractivity contribution in [3.63, 3.8) is 0 Å². The van der Waals surface area contributed by atoms with Gasteiger partial charge in [-0.15, -0.1) is 0 Å². The van der Waals surface area contributed by atoms with Gasteiger partial charge in [0.1, 0.15) is 5.82 Å². The van der Waals surface area contributed by atoms with E-state index in [1.165, 1.54) is 17.7 Å². The van der Waals surface area contributed by atoms with E-state index in [2.05, 4.69) is 31.4 Å². The Kier molecular flexibility index (Phi) is 6.06. The smallest absolute Gasteiger partial charge is 0.308 e. The zero-order valence-electron chi connectivity index (χ0n) is 15.2. The van der Waals surface area contributed by atoms with Crippen molar-refractivity contribution in [2.75, 3.05) is 5.32 Å². The highest BCUT2D eigenvalue weighted by atomic mass is 79.9. The number of alkyl halides is 3. The Bertz CT molecular complexity index is 1030. The quantitative estimate of drug-likeness (QED) is 0.540. The summed E-state index contributed by atoms with van der Waals surface area (Å²) in [6.45, 7) is 1.65. The molecule has 6 nitrogen and oxygen atoms in total. The lowest BCUT2D eigenvalue weighted by molar-refractivity contribution is -0.141. The number of aryl methyl sites for hydroxylation is 2. The van der Waals surface area contributed by atoms with E-state index in [-0.39, 0.29) is 31.1 Å². The number of halogens is 5. The van der Waals surface area contributed by atoms with Gasteiger partial charge in [0.15, 0.2) is 11.5 Å². The summed E-state index contributed by atoms with van der Waals surface area (Å²) in [4.78, 5) is 12.2. The predicted molar refractivity (Wildman–Crippen MR) is 101 cm³/mol. The second kappa shape index (κ2) is 8.36. The molecule has 0 fully saturated rings. The highest BCUT2D eigenvalue weighted by Gasteiger charge is 2.34. The van der Waals surface area contributed by atoms with Crippen molar-refractivity contribution >= 4 is 27.7 Å². The molecule has 0 spiro atoms. The topological polar surface area (TPSA) is 64.7 Å². The first-order chi connectivity index (χ1) is 13.6. The van der Waals surface area contributed by atoms with Crippen molar-refractivity contribution in [3.8, 4) is 0 Å². The molecule has 3 rings (SSSR count). The number of nitrogens with one attached hydrogen (secondary N) is 1. The van der Waals surface area contributed by atoms with Crippen LogP contribution in [0.4, 0.5) is 23.4 Å². The van der Waals surface area contributed by atoms with Crippen molar-refractivity contribution in [2.45, 2.75) is 32.6 Å². The van der Waals surface area contributed by atoms with Gasteiger partial charge in [0.25, 0.3) is 0 Å². The van der Waals surface area contributed by atoms with Crippen LogP contribution >= 0.6 is 15.9 Å². The molecule has 2 heterocycles. The standard InChI is InChI=1S/C18H16BrF4N5O/c1-11-8-15(18(21,22)23)25-28(11)7-6-16(29)24-17-13(19)10-27(26-17)9-12-4-2-3-5-14(12)20/h2-5,8,10H,6-7,9H2,1H3,(H,24,26,29). The van der Waals surface area contributed by atoms with E-state index in [1.54, 1.807) is 24.4 Å². The lowest BCUT2D eigenvalue weighted by Gasteiger charge is -2.06. The minimum Gasteiger partial charge on any atom is -0.308 e. The second-order valence-corrected chi connectivity index (χ2v) is 7.16. The average molecular weight is 474 g/mol. The molecule has 0 unspecified atom stereocenters. The zero-order valence-corrected chi connectivity index (χ0v) is 16.8. The number of rotatable bonds is 6. The highest BCUT2D eigenvalue weighted by molar-refractivity contribution is 9.10. The van der Waals surface area contributed by atoms with Crippen LogP contribution in [0.1, 0.15) is 23.4 Å². The minimum absolute atomic E-state index is 0.0126. The third-order valence-corrected chi connectivity index (χ3v) is 4.67. The molecule has 0 saturated heterocycles. The van der Waals surface area contributed by atoms with Gasteiger partial charge in [-0.2, -0.15) is 23.4 Å². The molecular weight excluding hydrogens is 458 g/mol. The lowest BCUT2D eigenvalue weighted by Crippen LogP contribution is -2.17. The molecule has 29 heavy (non-hydrogen) atoms. The van der Waals surface area contributed by atoms with E-state index in [0.717, 1.165) is 10.7 Å². The Labute approximate surface area is 171 Å². The Balaban J connectivity index is 1.61. The molecule has 0 saturated carbocycles. The minimum atomic E-state index is -4.53. The maximum absolute atomic E-state index is 13.8. The third kappa shape index (κ3) is 5.22. The molecule has 2 aromatic heterocycles. The summed E-state index contributed by atoms with van der Waals surface area (Å²) >= 11 is 3.28. The monoisotopic (exact) mass is 473 g/mol. The maximum Gasteiger partial charge on any atom is 0.435 e. The summed E-state index contributed by atoms with van der Waals surface area (Å²) < 4.78 is 55.0. The van der Waals surface area contributed by atoms with Crippen LogP contribution in [0.3, 0.4) is 0 Å². The number of hydrogen-bond donors (Lipinski definition) is 1. The Morgan fingerprint density at radius 1 is 1.24 bits per heavy atom. The van der Waals surface area contributed by atoms with Crippen molar-refractivity contribution in [1.82, 2.24) is 19.6 Å². The predicted octanol–water partition coefficient (Wildman–Crippen LogP) is 4.39. The average Bonchev–Trinajstić information content (AvgIpc) is 3.17. The van der Waals surface area contributed by atoms with E-state index in [1.807, 2.05) is 0 Å². The fourth-order valence-corrected chi connectivity index (χ4v) is 3.06. The maximum atomic E-state index is 13.8. The zero-order chi connectivity index (χ0) is 21.2. The Morgan fingerprint density at radius 3 is 2.62 bits per heavy atom. The first-order valence-corrected chi connectivity index (χ1v) is 9.30. The van der Waals surface area contributed by atoms with Crippen molar-refractivity contribution in [2.24, 2.45) is 0 Å². The summed E-state index contributed by atoms with van der Waals surface area (Å²) in [7, 11) is 0. The largest absolute Gasteiger partial charge is 0.435 e. The Hall–Kier alpha value is -2.69. The fraction of sp³-hybridized carbons (Fsp3) is 0.278. The number of amides is 1. The molecule has 0 aliphatic carbocycles. The summed E-state index contributed by atoms with van der Waals surface area (Å²) in [5, 5.41) is 10.3. The van der Waals surface area contributed by atoms with Crippen LogP contribution in [-0.4, -0.2) is 25.5 Å². The van der Waals surface area contributed by atoms with E-state index < -0.39 is 17.8 Å². The van der Waals surface area contributed by atoms with Crippen LogP contribution < -0.4 is 5.32 Å². The molecule has 0 atom stereocenters. The number of aromatic nitrogens is 4. The summed E-state index contributed by atoms with van der Waals surface area (Å²) in [6.07, 6.45) is -3.03. The molecule has 1 N–H and O–H groups in total. The fourth-order valence-electron chi connectivity index (χ4n) is 2.64. The molecule has 0 bridgehead atoms. The number of carbonyl (C=O) groups excluding carboxylic acids is 1. The van der Waals surface area contributed by atoms with Gasteiger partial charge < -0.3 is 5.32 Å². The van der Waals surface area contributed by atoms with Crippen molar-refractivity contribution < 1.29 is 22.4 Å². The number of nitrogens with zero attached hydrogens (tertiary/aromatic N) is 4. The van der Waals surface area contributed by atoms with Crippen molar-refractivity contribution in [3.05, 3.63) is 63.8 Å². The highest BCUT2D eigenvalue weighted by Crippen LogP contribution is 2.28. The van der Waals surface area contributed by atoms with E-state index in [9.17, 15) is 22.4 Å². The first-order valence-electron chi connectivity index (χ1n) is 8.51. The van der Waals surface area contributed by atoms with Crippen LogP contribution in [0.5, 0.6) is 0 Å². The Morgan fingerprint density at radius 2 is 1.97 bits per heavy atom.